The van der Waals surface area contributed by atoms with Gasteiger partial charge in [0.05, 0.1) is 21.6 Å². The van der Waals surface area contributed by atoms with E-state index in [0.717, 1.165) is 4.47 Å². The number of alkyl halides is 2. The molecule has 2 aliphatic rings. The fraction of sp³-hybridized carbons (Fsp3) is 0.625. The number of rotatable bonds is 2. The van der Waals surface area contributed by atoms with Gasteiger partial charge in [0.1, 0.15) is 0 Å². The topological polar surface area (TPSA) is 17.8 Å². The highest BCUT2D eigenvalue weighted by atomic mass is 79.9. The second-order valence-electron chi connectivity index (χ2n) is 3.95. The Hall–Kier alpha value is -0.450. The second kappa shape index (κ2) is 1.97. The predicted molar refractivity (Wildman–Crippen MR) is 45.6 cm³/mol. The molecule has 2 aliphatic carbocycles. The lowest BCUT2D eigenvalue weighted by Crippen LogP contribution is -2.07. The summed E-state index contributed by atoms with van der Waals surface area (Å²) < 4.78 is 27.6. The van der Waals surface area contributed by atoms with Crippen LogP contribution in [-0.2, 0) is 5.54 Å². The molecule has 0 atom stereocenters. The molecule has 0 bridgehead atoms. The molecule has 0 amide bonds. The summed E-state index contributed by atoms with van der Waals surface area (Å²) >= 11 is 3.25. The molecule has 2 nitrogen and oxygen atoms in total. The van der Waals surface area contributed by atoms with Crippen LogP contribution in [0, 0.1) is 5.41 Å². The van der Waals surface area contributed by atoms with Gasteiger partial charge in [0.25, 0.3) is 0 Å². The lowest BCUT2D eigenvalue weighted by molar-refractivity contribution is 0.0919. The summed E-state index contributed by atoms with van der Waals surface area (Å²) in [6, 6.07) is 0. The molecule has 70 valence electrons. The Balaban J connectivity index is 1.92. The summed E-state index contributed by atoms with van der Waals surface area (Å²) in [5.41, 5.74) is -1.05. The quantitative estimate of drug-likeness (QED) is 0.786. The highest BCUT2D eigenvalue weighted by molar-refractivity contribution is 9.10. The van der Waals surface area contributed by atoms with E-state index in [1.807, 2.05) is 0 Å². The van der Waals surface area contributed by atoms with Crippen LogP contribution in [0.2, 0.25) is 0 Å². The first kappa shape index (κ1) is 7.91. The van der Waals surface area contributed by atoms with E-state index in [-0.39, 0.29) is 5.54 Å². The molecule has 0 spiro atoms. The first-order chi connectivity index (χ1) is 6.11. The van der Waals surface area contributed by atoms with Crippen molar-refractivity contribution in [3.63, 3.8) is 0 Å². The maximum absolute atomic E-state index is 12.5. The average molecular weight is 249 g/mol. The van der Waals surface area contributed by atoms with Gasteiger partial charge in [-0.05, 0) is 28.8 Å². The van der Waals surface area contributed by atoms with Gasteiger partial charge in [0, 0.05) is 6.20 Å². The van der Waals surface area contributed by atoms with E-state index < -0.39 is 11.8 Å². The Morgan fingerprint density at radius 3 is 2.62 bits per heavy atom. The number of nitrogens with zero attached hydrogens (tertiary/aromatic N) is 2. The zero-order valence-corrected chi connectivity index (χ0v) is 8.26. The summed E-state index contributed by atoms with van der Waals surface area (Å²) in [6.45, 7) is 0. The summed E-state index contributed by atoms with van der Waals surface area (Å²) in [6.07, 6.45) is 2.39. The lowest BCUT2D eigenvalue weighted by Gasteiger charge is -2.00. The van der Waals surface area contributed by atoms with Gasteiger partial charge in [-0.25, -0.2) is 8.78 Å². The molecule has 0 aliphatic heterocycles. The third kappa shape index (κ3) is 0.747. The Kier molecular flexibility index (Phi) is 1.20. The molecule has 2 fully saturated rings. The number of halogens is 3. The average Bonchev–Trinajstić information content (AvgIpc) is 2.78. The largest absolute Gasteiger partial charge is 0.265 e. The maximum atomic E-state index is 12.5. The minimum Gasteiger partial charge on any atom is -0.265 e. The van der Waals surface area contributed by atoms with Crippen LogP contribution in [0.5, 0.6) is 0 Å². The Labute approximate surface area is 82.1 Å². The molecular formula is C8H7BrF2N2. The van der Waals surface area contributed by atoms with E-state index in [1.165, 1.54) is 0 Å². The van der Waals surface area contributed by atoms with E-state index in [0.29, 0.717) is 12.8 Å². The fourth-order valence-electron chi connectivity index (χ4n) is 2.19. The molecule has 0 unspecified atom stereocenters. The molecular weight excluding hydrogens is 242 g/mol. The smallest absolute Gasteiger partial charge is 0.246 e. The van der Waals surface area contributed by atoms with Gasteiger partial charge in [0.2, 0.25) is 6.43 Å². The summed E-state index contributed by atoms with van der Waals surface area (Å²) in [7, 11) is 0. The number of fused-ring (bicyclic) bond motifs is 1. The van der Waals surface area contributed by atoms with Crippen molar-refractivity contribution in [1.82, 2.24) is 9.78 Å². The Morgan fingerprint density at radius 2 is 2.23 bits per heavy atom. The van der Waals surface area contributed by atoms with Gasteiger partial charge in [-0.2, -0.15) is 5.10 Å². The zero-order chi connectivity index (χ0) is 9.27. The molecule has 5 heteroatoms. The normalized spacial score (nSPS) is 40.6. The van der Waals surface area contributed by atoms with Crippen molar-refractivity contribution in [2.24, 2.45) is 5.41 Å². The third-order valence-corrected chi connectivity index (χ3v) is 3.71. The van der Waals surface area contributed by atoms with Crippen molar-refractivity contribution in [2.45, 2.75) is 24.8 Å². The van der Waals surface area contributed by atoms with Crippen molar-refractivity contribution in [1.29, 1.82) is 0 Å². The van der Waals surface area contributed by atoms with E-state index in [4.69, 9.17) is 0 Å². The van der Waals surface area contributed by atoms with E-state index >= 15 is 0 Å². The molecule has 2 saturated carbocycles. The first-order valence-electron chi connectivity index (χ1n) is 4.10. The second-order valence-corrected chi connectivity index (χ2v) is 4.86. The highest BCUT2D eigenvalue weighted by Gasteiger charge is 2.89. The maximum Gasteiger partial charge on any atom is 0.246 e. The van der Waals surface area contributed by atoms with Crippen LogP contribution in [-0.4, -0.2) is 16.2 Å². The van der Waals surface area contributed by atoms with Gasteiger partial charge in [-0.15, -0.1) is 0 Å². The van der Waals surface area contributed by atoms with Crippen LogP contribution in [0.1, 0.15) is 12.8 Å². The van der Waals surface area contributed by atoms with E-state index in [1.54, 1.807) is 17.1 Å². The summed E-state index contributed by atoms with van der Waals surface area (Å²) in [5.74, 6) is 0. The summed E-state index contributed by atoms with van der Waals surface area (Å²) in [5, 5.41) is 4.06. The van der Waals surface area contributed by atoms with Crippen molar-refractivity contribution in [2.75, 3.05) is 0 Å². The molecule has 0 N–H and O–H groups in total. The van der Waals surface area contributed by atoms with Crippen LogP contribution in [0.25, 0.3) is 0 Å². The monoisotopic (exact) mass is 248 g/mol. The van der Waals surface area contributed by atoms with Gasteiger partial charge >= 0.3 is 0 Å². The van der Waals surface area contributed by atoms with Gasteiger partial charge in [0.15, 0.2) is 0 Å². The van der Waals surface area contributed by atoms with Gasteiger partial charge in [-0.1, -0.05) is 0 Å². The molecule has 3 rings (SSSR count). The van der Waals surface area contributed by atoms with Gasteiger partial charge in [-0.3, -0.25) is 4.68 Å². The van der Waals surface area contributed by atoms with E-state index in [2.05, 4.69) is 21.0 Å². The third-order valence-electron chi connectivity index (χ3n) is 3.30. The van der Waals surface area contributed by atoms with Gasteiger partial charge < -0.3 is 0 Å². The molecule has 0 aromatic carbocycles. The minimum absolute atomic E-state index is 0.326. The van der Waals surface area contributed by atoms with Crippen LogP contribution in [0.3, 0.4) is 0 Å². The first-order valence-corrected chi connectivity index (χ1v) is 4.89. The van der Waals surface area contributed by atoms with E-state index in [9.17, 15) is 8.78 Å². The van der Waals surface area contributed by atoms with Crippen LogP contribution < -0.4 is 0 Å². The molecule has 0 radical (unpaired) electrons. The number of aromatic nitrogens is 2. The lowest BCUT2D eigenvalue weighted by atomic mass is 10.2. The zero-order valence-electron chi connectivity index (χ0n) is 6.67. The van der Waals surface area contributed by atoms with Crippen LogP contribution in [0.4, 0.5) is 8.78 Å². The SMILES string of the molecule is FC(F)C12CC1(n1cc(Br)cn1)C2. The molecule has 1 aromatic heterocycles. The standard InChI is InChI=1S/C8H7BrF2N2/c9-5-1-12-13(2-5)8-3-7(8,4-8)6(10)11/h1-2,6H,3-4H2. The number of hydrogen-bond donors (Lipinski definition) is 0. The number of hydrogen-bond acceptors (Lipinski definition) is 1. The van der Waals surface area contributed by atoms with Crippen molar-refractivity contribution >= 4 is 15.9 Å². The molecule has 1 heterocycles. The van der Waals surface area contributed by atoms with Crippen molar-refractivity contribution in [3.05, 3.63) is 16.9 Å². The predicted octanol–water partition coefficient (Wildman–Crippen LogP) is 2.40. The minimum atomic E-state index is -2.20. The van der Waals surface area contributed by atoms with Crippen molar-refractivity contribution in [3.8, 4) is 0 Å². The molecule has 0 saturated heterocycles. The fourth-order valence-corrected chi connectivity index (χ4v) is 2.47. The molecule has 1 aromatic rings. The molecule has 13 heavy (non-hydrogen) atoms. The highest BCUT2D eigenvalue weighted by Crippen LogP contribution is 2.85. The van der Waals surface area contributed by atoms with Crippen LogP contribution in [0.15, 0.2) is 16.9 Å². The summed E-state index contributed by atoms with van der Waals surface area (Å²) in [4.78, 5) is 0. The Morgan fingerprint density at radius 1 is 1.54 bits per heavy atom. The van der Waals surface area contributed by atoms with Crippen LogP contribution >= 0.6 is 15.9 Å². The Bertz CT molecular complexity index is 368. The van der Waals surface area contributed by atoms with Crippen molar-refractivity contribution < 1.29 is 8.78 Å².